The molecule has 2 aromatic rings. The molecule has 5 nitrogen and oxygen atoms in total. The minimum absolute atomic E-state index is 0.0554. The average molecular weight is 366 g/mol. The minimum atomic E-state index is -4.61. The third kappa shape index (κ3) is 5.30. The van der Waals surface area contributed by atoms with Crippen LogP contribution in [0.15, 0.2) is 48.5 Å². The molecule has 0 heterocycles. The van der Waals surface area contributed by atoms with E-state index >= 15 is 0 Å². The molecule has 0 aliphatic heterocycles. The van der Waals surface area contributed by atoms with Gasteiger partial charge in [0, 0.05) is 11.6 Å². The standard InChI is InChI=1S/C18H17F3N2O3/c1-13-6-2-3-7-14(13)10-17(24)22(12-18(19,20)21)11-15-8-4-5-9-16(15)23(25)26/h2-9H,10-12H2,1H3. The second-order valence-electron chi connectivity index (χ2n) is 5.85. The van der Waals surface area contributed by atoms with Gasteiger partial charge in [-0.3, -0.25) is 14.9 Å². The summed E-state index contributed by atoms with van der Waals surface area (Å²) in [5.74, 6) is -0.741. The molecular formula is C18H17F3N2O3. The number of amides is 1. The Balaban J connectivity index is 2.28. The number of hydrogen-bond acceptors (Lipinski definition) is 3. The molecule has 2 rings (SSSR count). The van der Waals surface area contributed by atoms with Crippen LogP contribution in [0.1, 0.15) is 16.7 Å². The van der Waals surface area contributed by atoms with Crippen molar-refractivity contribution in [2.75, 3.05) is 6.54 Å². The zero-order valence-electron chi connectivity index (χ0n) is 14.0. The van der Waals surface area contributed by atoms with Crippen molar-refractivity contribution in [3.63, 3.8) is 0 Å². The molecule has 2 aromatic carbocycles. The second kappa shape index (κ2) is 7.99. The lowest BCUT2D eigenvalue weighted by Crippen LogP contribution is -2.39. The lowest BCUT2D eigenvalue weighted by atomic mass is 10.0. The van der Waals surface area contributed by atoms with E-state index in [2.05, 4.69) is 0 Å². The summed E-state index contributed by atoms with van der Waals surface area (Å²) in [6, 6.07) is 12.4. The van der Waals surface area contributed by atoms with Gasteiger partial charge in [-0.25, -0.2) is 0 Å². The van der Waals surface area contributed by atoms with Gasteiger partial charge in [-0.05, 0) is 18.1 Å². The van der Waals surface area contributed by atoms with E-state index < -0.39 is 30.1 Å². The fraction of sp³-hybridized carbons (Fsp3) is 0.278. The smallest absolute Gasteiger partial charge is 0.329 e. The molecule has 0 N–H and O–H groups in total. The average Bonchev–Trinajstić information content (AvgIpc) is 2.55. The Bertz CT molecular complexity index is 806. The largest absolute Gasteiger partial charge is 0.406 e. The van der Waals surface area contributed by atoms with Crippen LogP contribution in [0, 0.1) is 17.0 Å². The first-order chi connectivity index (χ1) is 12.2. The van der Waals surface area contributed by atoms with Gasteiger partial charge < -0.3 is 4.90 Å². The van der Waals surface area contributed by atoms with Crippen molar-refractivity contribution in [1.82, 2.24) is 4.90 Å². The van der Waals surface area contributed by atoms with E-state index in [1.807, 2.05) is 0 Å². The van der Waals surface area contributed by atoms with Crippen molar-refractivity contribution in [2.24, 2.45) is 0 Å². The SMILES string of the molecule is Cc1ccccc1CC(=O)N(Cc1ccccc1[N+](=O)[O-])CC(F)(F)F. The summed E-state index contributed by atoms with van der Waals surface area (Å²) < 4.78 is 38.8. The van der Waals surface area contributed by atoms with Crippen LogP contribution in [-0.4, -0.2) is 28.5 Å². The van der Waals surface area contributed by atoms with Crippen molar-refractivity contribution >= 4 is 11.6 Å². The number of nitrogens with zero attached hydrogens (tertiary/aromatic N) is 2. The topological polar surface area (TPSA) is 63.5 Å². The van der Waals surface area contributed by atoms with E-state index in [1.54, 1.807) is 31.2 Å². The van der Waals surface area contributed by atoms with E-state index in [-0.39, 0.29) is 17.7 Å². The molecule has 0 radical (unpaired) electrons. The normalized spacial score (nSPS) is 11.2. The number of nitro groups is 1. The molecule has 0 spiro atoms. The lowest BCUT2D eigenvalue weighted by molar-refractivity contribution is -0.385. The van der Waals surface area contributed by atoms with Crippen molar-refractivity contribution in [3.05, 3.63) is 75.3 Å². The first kappa shape index (κ1) is 19.4. The maximum atomic E-state index is 12.9. The van der Waals surface area contributed by atoms with Crippen LogP contribution in [0.4, 0.5) is 18.9 Å². The second-order valence-corrected chi connectivity index (χ2v) is 5.85. The lowest BCUT2D eigenvalue weighted by Gasteiger charge is -2.24. The summed E-state index contributed by atoms with van der Waals surface area (Å²) in [6.07, 6.45) is -4.81. The highest BCUT2D eigenvalue weighted by Crippen LogP contribution is 2.24. The number of benzene rings is 2. The first-order valence-corrected chi connectivity index (χ1v) is 7.78. The van der Waals surface area contributed by atoms with Gasteiger partial charge in [-0.15, -0.1) is 0 Å². The van der Waals surface area contributed by atoms with E-state index in [0.717, 1.165) is 5.56 Å². The highest BCUT2D eigenvalue weighted by atomic mass is 19.4. The van der Waals surface area contributed by atoms with Gasteiger partial charge in [0.25, 0.3) is 5.69 Å². The molecule has 0 aliphatic rings. The number of rotatable bonds is 6. The van der Waals surface area contributed by atoms with Crippen molar-refractivity contribution in [3.8, 4) is 0 Å². The van der Waals surface area contributed by atoms with Crippen LogP contribution >= 0.6 is 0 Å². The number of carbonyl (C=O) groups is 1. The Morgan fingerprint density at radius 2 is 1.65 bits per heavy atom. The molecule has 0 bridgehead atoms. The van der Waals surface area contributed by atoms with Crippen molar-refractivity contribution < 1.29 is 22.9 Å². The summed E-state index contributed by atoms with van der Waals surface area (Å²) in [6.45, 7) is -0.191. The van der Waals surface area contributed by atoms with Crippen molar-refractivity contribution in [2.45, 2.75) is 26.1 Å². The van der Waals surface area contributed by atoms with Crippen LogP contribution in [0.25, 0.3) is 0 Å². The van der Waals surface area contributed by atoms with E-state index in [1.165, 1.54) is 24.3 Å². The third-order valence-corrected chi connectivity index (χ3v) is 3.88. The van der Waals surface area contributed by atoms with Gasteiger partial charge in [-0.1, -0.05) is 42.5 Å². The number of aryl methyl sites for hydroxylation is 1. The zero-order valence-corrected chi connectivity index (χ0v) is 14.0. The van der Waals surface area contributed by atoms with Crippen LogP contribution in [0.3, 0.4) is 0 Å². The quantitative estimate of drug-likeness (QED) is 0.573. The summed E-state index contributed by atoms with van der Waals surface area (Å²) >= 11 is 0. The van der Waals surface area contributed by atoms with Gasteiger partial charge in [0.15, 0.2) is 0 Å². The Hall–Kier alpha value is -2.90. The number of halogens is 3. The molecule has 26 heavy (non-hydrogen) atoms. The molecule has 0 atom stereocenters. The molecule has 0 aromatic heterocycles. The molecule has 0 saturated heterocycles. The molecule has 0 aliphatic carbocycles. The Kier molecular flexibility index (Phi) is 5.97. The van der Waals surface area contributed by atoms with Gasteiger partial charge in [-0.2, -0.15) is 13.2 Å². The van der Waals surface area contributed by atoms with Crippen molar-refractivity contribution in [1.29, 1.82) is 0 Å². The van der Waals surface area contributed by atoms with Gasteiger partial charge in [0.2, 0.25) is 5.91 Å². The fourth-order valence-corrected chi connectivity index (χ4v) is 2.56. The number of nitro benzene ring substituents is 1. The zero-order chi connectivity index (χ0) is 19.3. The third-order valence-electron chi connectivity index (χ3n) is 3.88. The monoisotopic (exact) mass is 366 g/mol. The predicted octanol–water partition coefficient (Wildman–Crippen LogP) is 4.04. The Morgan fingerprint density at radius 1 is 1.08 bits per heavy atom. The van der Waals surface area contributed by atoms with E-state index in [4.69, 9.17) is 0 Å². The van der Waals surface area contributed by atoms with Crippen LogP contribution < -0.4 is 0 Å². The summed E-state index contributed by atoms with van der Waals surface area (Å²) in [4.78, 5) is 23.5. The Labute approximate surface area is 148 Å². The molecule has 8 heteroatoms. The minimum Gasteiger partial charge on any atom is -0.329 e. The summed E-state index contributed by atoms with van der Waals surface area (Å²) in [5.41, 5.74) is 1.15. The number of alkyl halides is 3. The maximum absolute atomic E-state index is 12.9. The summed E-state index contributed by atoms with van der Waals surface area (Å²) in [7, 11) is 0. The summed E-state index contributed by atoms with van der Waals surface area (Å²) in [5, 5.41) is 11.1. The number of hydrogen-bond donors (Lipinski definition) is 0. The first-order valence-electron chi connectivity index (χ1n) is 7.78. The molecule has 1 amide bonds. The number of carbonyl (C=O) groups excluding carboxylic acids is 1. The maximum Gasteiger partial charge on any atom is 0.406 e. The van der Waals surface area contributed by atoms with E-state index in [0.29, 0.717) is 10.5 Å². The highest BCUT2D eigenvalue weighted by molar-refractivity contribution is 5.79. The van der Waals surface area contributed by atoms with Crippen LogP contribution in [0.2, 0.25) is 0 Å². The van der Waals surface area contributed by atoms with Gasteiger partial charge in [0.1, 0.15) is 6.54 Å². The van der Waals surface area contributed by atoms with Crippen LogP contribution in [0.5, 0.6) is 0 Å². The fourth-order valence-electron chi connectivity index (χ4n) is 2.56. The predicted molar refractivity (Wildman–Crippen MR) is 89.5 cm³/mol. The van der Waals surface area contributed by atoms with Gasteiger partial charge >= 0.3 is 6.18 Å². The molecule has 0 unspecified atom stereocenters. The molecule has 138 valence electrons. The molecule has 0 fully saturated rings. The van der Waals surface area contributed by atoms with E-state index in [9.17, 15) is 28.1 Å². The number of para-hydroxylation sites is 1. The molecule has 0 saturated carbocycles. The Morgan fingerprint density at radius 3 is 2.23 bits per heavy atom. The molecular weight excluding hydrogens is 349 g/mol. The highest BCUT2D eigenvalue weighted by Gasteiger charge is 2.34. The van der Waals surface area contributed by atoms with Crippen LogP contribution in [-0.2, 0) is 17.8 Å². The van der Waals surface area contributed by atoms with Gasteiger partial charge in [0.05, 0.1) is 17.9 Å².